The number of carbonyl (C=O) groups is 1. The van der Waals surface area contributed by atoms with Crippen LogP contribution in [0.15, 0.2) is 0 Å². The molecule has 1 fully saturated rings. The Labute approximate surface area is 96.8 Å². The fourth-order valence-corrected chi connectivity index (χ4v) is 2.16. The summed E-state index contributed by atoms with van der Waals surface area (Å²) < 4.78 is 0. The van der Waals surface area contributed by atoms with Crippen molar-refractivity contribution in [2.75, 3.05) is 25.1 Å². The summed E-state index contributed by atoms with van der Waals surface area (Å²) in [7, 11) is 0. The molecule has 15 heavy (non-hydrogen) atoms. The molecule has 0 bridgehead atoms. The van der Waals surface area contributed by atoms with Crippen molar-refractivity contribution in [2.24, 2.45) is 5.92 Å². The Morgan fingerprint density at radius 2 is 2.27 bits per heavy atom. The van der Waals surface area contributed by atoms with Gasteiger partial charge in [0.1, 0.15) is 0 Å². The smallest absolute Gasteiger partial charge is 0.233 e. The van der Waals surface area contributed by atoms with Crippen molar-refractivity contribution in [3.8, 4) is 0 Å². The molecule has 0 radical (unpaired) electrons. The standard InChI is InChI=1S/C11H22N2OS/c1-3-10(8-15-2)12-7-11(14)13-6-9-4-5-9/h9-10,12H,3-8H2,1-2H3,(H,13,14). The molecule has 0 aromatic heterocycles. The molecular weight excluding hydrogens is 208 g/mol. The molecule has 1 unspecified atom stereocenters. The molecule has 2 N–H and O–H groups in total. The third-order valence-corrected chi connectivity index (χ3v) is 3.43. The molecular formula is C11H22N2OS. The number of hydrogen-bond donors (Lipinski definition) is 2. The lowest BCUT2D eigenvalue weighted by molar-refractivity contribution is -0.120. The van der Waals surface area contributed by atoms with E-state index in [1.165, 1.54) is 12.8 Å². The van der Waals surface area contributed by atoms with E-state index >= 15 is 0 Å². The quantitative estimate of drug-likeness (QED) is 0.659. The van der Waals surface area contributed by atoms with Crippen LogP contribution in [-0.4, -0.2) is 37.0 Å². The van der Waals surface area contributed by atoms with Gasteiger partial charge in [-0.2, -0.15) is 11.8 Å². The van der Waals surface area contributed by atoms with E-state index < -0.39 is 0 Å². The van der Waals surface area contributed by atoms with Gasteiger partial charge < -0.3 is 10.6 Å². The third kappa shape index (κ3) is 6.05. The van der Waals surface area contributed by atoms with Gasteiger partial charge in [0.15, 0.2) is 0 Å². The minimum Gasteiger partial charge on any atom is -0.355 e. The first-order valence-electron chi connectivity index (χ1n) is 5.75. The van der Waals surface area contributed by atoms with Gasteiger partial charge in [-0.25, -0.2) is 0 Å². The summed E-state index contributed by atoms with van der Waals surface area (Å²) in [5, 5.41) is 6.24. The van der Waals surface area contributed by atoms with Crippen LogP contribution < -0.4 is 10.6 Å². The molecule has 1 aliphatic carbocycles. The van der Waals surface area contributed by atoms with E-state index in [1.807, 2.05) is 11.8 Å². The highest BCUT2D eigenvalue weighted by atomic mass is 32.2. The number of thioether (sulfide) groups is 1. The maximum absolute atomic E-state index is 11.4. The molecule has 1 atom stereocenters. The van der Waals surface area contributed by atoms with Gasteiger partial charge in [-0.1, -0.05) is 6.92 Å². The van der Waals surface area contributed by atoms with Crippen LogP contribution in [0.1, 0.15) is 26.2 Å². The van der Waals surface area contributed by atoms with Gasteiger partial charge in [0.05, 0.1) is 6.54 Å². The van der Waals surface area contributed by atoms with Crippen LogP contribution in [0.3, 0.4) is 0 Å². The van der Waals surface area contributed by atoms with Gasteiger partial charge in [-0.05, 0) is 31.4 Å². The summed E-state index contributed by atoms with van der Waals surface area (Å²) in [5.74, 6) is 1.98. The monoisotopic (exact) mass is 230 g/mol. The number of rotatable bonds is 8. The van der Waals surface area contributed by atoms with Crippen LogP contribution in [-0.2, 0) is 4.79 Å². The van der Waals surface area contributed by atoms with Crippen molar-refractivity contribution in [1.82, 2.24) is 10.6 Å². The minimum absolute atomic E-state index is 0.140. The van der Waals surface area contributed by atoms with Crippen molar-refractivity contribution in [2.45, 2.75) is 32.2 Å². The average Bonchev–Trinajstić information content (AvgIpc) is 3.05. The summed E-state index contributed by atoms with van der Waals surface area (Å²) in [4.78, 5) is 11.4. The predicted molar refractivity (Wildman–Crippen MR) is 66.2 cm³/mol. The molecule has 0 spiro atoms. The molecule has 1 aliphatic rings. The van der Waals surface area contributed by atoms with E-state index in [4.69, 9.17) is 0 Å². The molecule has 0 aromatic rings. The van der Waals surface area contributed by atoms with Crippen LogP contribution >= 0.6 is 11.8 Å². The molecule has 1 amide bonds. The van der Waals surface area contributed by atoms with Crippen LogP contribution in [0.5, 0.6) is 0 Å². The van der Waals surface area contributed by atoms with E-state index in [1.54, 1.807) is 0 Å². The second-order valence-corrected chi connectivity index (χ2v) is 5.10. The molecule has 3 nitrogen and oxygen atoms in total. The van der Waals surface area contributed by atoms with Crippen molar-refractivity contribution in [3.63, 3.8) is 0 Å². The highest BCUT2D eigenvalue weighted by molar-refractivity contribution is 7.98. The molecule has 0 saturated heterocycles. The SMILES string of the molecule is CCC(CSC)NCC(=O)NCC1CC1. The molecule has 1 saturated carbocycles. The Bertz CT molecular complexity index is 195. The van der Waals surface area contributed by atoms with E-state index in [9.17, 15) is 4.79 Å². The highest BCUT2D eigenvalue weighted by Crippen LogP contribution is 2.27. The lowest BCUT2D eigenvalue weighted by atomic mass is 10.2. The van der Waals surface area contributed by atoms with E-state index in [2.05, 4.69) is 23.8 Å². The number of hydrogen-bond acceptors (Lipinski definition) is 3. The van der Waals surface area contributed by atoms with Crippen LogP contribution in [0.2, 0.25) is 0 Å². The van der Waals surface area contributed by atoms with Crippen molar-refractivity contribution in [1.29, 1.82) is 0 Å². The largest absolute Gasteiger partial charge is 0.355 e. The lowest BCUT2D eigenvalue weighted by Gasteiger charge is -2.15. The number of carbonyl (C=O) groups excluding carboxylic acids is 1. The van der Waals surface area contributed by atoms with Gasteiger partial charge in [0.2, 0.25) is 5.91 Å². The fourth-order valence-electron chi connectivity index (χ4n) is 1.40. The first kappa shape index (κ1) is 12.8. The van der Waals surface area contributed by atoms with Crippen molar-refractivity contribution in [3.05, 3.63) is 0 Å². The number of amides is 1. The number of nitrogens with one attached hydrogen (secondary N) is 2. The normalized spacial score (nSPS) is 17.5. The van der Waals surface area contributed by atoms with Gasteiger partial charge in [0.25, 0.3) is 0 Å². The predicted octanol–water partition coefficient (Wildman–Crippen LogP) is 1.24. The minimum atomic E-state index is 0.140. The molecule has 0 aromatic carbocycles. The first-order chi connectivity index (χ1) is 7.26. The Balaban J connectivity index is 2.02. The van der Waals surface area contributed by atoms with Gasteiger partial charge in [-0.15, -0.1) is 0 Å². The maximum Gasteiger partial charge on any atom is 0.233 e. The Hall–Kier alpha value is -0.220. The summed E-state index contributed by atoms with van der Waals surface area (Å²) in [6.45, 7) is 3.49. The first-order valence-corrected chi connectivity index (χ1v) is 7.14. The summed E-state index contributed by atoms with van der Waals surface area (Å²) >= 11 is 1.82. The highest BCUT2D eigenvalue weighted by Gasteiger charge is 2.21. The average molecular weight is 230 g/mol. The zero-order valence-corrected chi connectivity index (χ0v) is 10.5. The summed E-state index contributed by atoms with van der Waals surface area (Å²) in [6.07, 6.45) is 5.75. The van der Waals surface area contributed by atoms with Gasteiger partial charge in [-0.3, -0.25) is 4.79 Å². The summed E-state index contributed by atoms with van der Waals surface area (Å²) in [5.41, 5.74) is 0. The Morgan fingerprint density at radius 1 is 1.53 bits per heavy atom. The molecule has 1 rings (SSSR count). The third-order valence-electron chi connectivity index (χ3n) is 2.70. The van der Waals surface area contributed by atoms with E-state index in [0.717, 1.165) is 24.6 Å². The van der Waals surface area contributed by atoms with E-state index in [-0.39, 0.29) is 5.91 Å². The van der Waals surface area contributed by atoms with Crippen LogP contribution in [0.4, 0.5) is 0 Å². The Kier molecular flexibility index (Phi) is 6.10. The van der Waals surface area contributed by atoms with Gasteiger partial charge in [0, 0.05) is 18.3 Å². The zero-order chi connectivity index (χ0) is 11.1. The molecule has 4 heteroatoms. The molecule has 88 valence electrons. The van der Waals surface area contributed by atoms with Crippen molar-refractivity contribution < 1.29 is 4.79 Å². The Morgan fingerprint density at radius 3 is 2.80 bits per heavy atom. The van der Waals surface area contributed by atoms with Crippen LogP contribution in [0.25, 0.3) is 0 Å². The fraction of sp³-hybridized carbons (Fsp3) is 0.909. The molecule has 0 aliphatic heterocycles. The van der Waals surface area contributed by atoms with E-state index in [0.29, 0.717) is 12.6 Å². The maximum atomic E-state index is 11.4. The lowest BCUT2D eigenvalue weighted by Crippen LogP contribution is -2.40. The van der Waals surface area contributed by atoms with Crippen molar-refractivity contribution >= 4 is 17.7 Å². The van der Waals surface area contributed by atoms with Gasteiger partial charge >= 0.3 is 0 Å². The zero-order valence-electron chi connectivity index (χ0n) is 9.71. The summed E-state index contributed by atoms with van der Waals surface area (Å²) in [6, 6.07) is 0.465. The topological polar surface area (TPSA) is 41.1 Å². The molecule has 0 heterocycles. The second kappa shape index (κ2) is 7.12. The second-order valence-electron chi connectivity index (χ2n) is 4.19. The van der Waals surface area contributed by atoms with Crippen LogP contribution in [0, 0.1) is 5.92 Å².